The number of hydrogen-bond donors (Lipinski definition) is 1. The first-order valence-electron chi connectivity index (χ1n) is 8.29. The van der Waals surface area contributed by atoms with Crippen LogP contribution in [0.2, 0.25) is 5.02 Å². The topological polar surface area (TPSA) is 15.3 Å². The molecule has 0 amide bonds. The predicted molar refractivity (Wildman–Crippen MR) is 93.3 cm³/mol. The van der Waals surface area contributed by atoms with E-state index in [1.807, 2.05) is 0 Å². The zero-order chi connectivity index (χ0) is 15.4. The minimum absolute atomic E-state index is 0.357. The number of rotatable bonds is 5. The van der Waals surface area contributed by atoms with Crippen LogP contribution in [0.5, 0.6) is 0 Å². The van der Waals surface area contributed by atoms with Crippen molar-refractivity contribution in [1.82, 2.24) is 5.32 Å². The van der Waals surface area contributed by atoms with Crippen LogP contribution in [0.4, 0.5) is 5.69 Å². The van der Waals surface area contributed by atoms with E-state index in [1.165, 1.54) is 17.7 Å². The fraction of sp³-hybridized carbons (Fsp3) is 0.667. The molecule has 3 atom stereocenters. The van der Waals surface area contributed by atoms with Gasteiger partial charge in [0.05, 0.1) is 10.7 Å². The molecule has 0 radical (unpaired) electrons. The largest absolute Gasteiger partial charge is 0.370 e. The Labute approximate surface area is 134 Å². The van der Waals surface area contributed by atoms with Crippen LogP contribution in [0, 0.1) is 11.8 Å². The van der Waals surface area contributed by atoms with Gasteiger partial charge in [-0.25, -0.2) is 0 Å². The second-order valence-corrected chi connectivity index (χ2v) is 7.14. The summed E-state index contributed by atoms with van der Waals surface area (Å²) in [6.45, 7) is 12.3. The highest BCUT2D eigenvalue weighted by atomic mass is 35.5. The van der Waals surface area contributed by atoms with Crippen LogP contribution in [0.15, 0.2) is 18.2 Å². The molecule has 1 N–H and O–H groups in total. The maximum Gasteiger partial charge on any atom is 0.0642 e. The van der Waals surface area contributed by atoms with Crippen LogP contribution in [-0.4, -0.2) is 19.6 Å². The highest BCUT2D eigenvalue weighted by Gasteiger charge is 2.23. The Bertz CT molecular complexity index is 451. The Morgan fingerprint density at radius 2 is 1.95 bits per heavy atom. The van der Waals surface area contributed by atoms with Gasteiger partial charge in [-0.3, -0.25) is 0 Å². The number of benzene rings is 1. The molecular formula is C18H29ClN2. The Morgan fingerprint density at radius 1 is 1.29 bits per heavy atom. The van der Waals surface area contributed by atoms with Crippen molar-refractivity contribution in [2.75, 3.05) is 24.5 Å². The van der Waals surface area contributed by atoms with Crippen molar-refractivity contribution in [3.05, 3.63) is 28.8 Å². The summed E-state index contributed by atoms with van der Waals surface area (Å²) in [6.07, 6.45) is 2.48. The molecule has 1 aromatic carbocycles. The summed E-state index contributed by atoms with van der Waals surface area (Å²) in [4.78, 5) is 2.45. The van der Waals surface area contributed by atoms with Crippen molar-refractivity contribution >= 4 is 17.3 Å². The molecule has 0 aliphatic carbocycles. The number of anilines is 1. The van der Waals surface area contributed by atoms with Gasteiger partial charge in [-0.1, -0.05) is 38.4 Å². The van der Waals surface area contributed by atoms with E-state index in [0.29, 0.717) is 6.04 Å². The fourth-order valence-corrected chi connectivity index (χ4v) is 3.70. The molecule has 1 saturated heterocycles. The van der Waals surface area contributed by atoms with Gasteiger partial charge in [-0.2, -0.15) is 0 Å². The summed E-state index contributed by atoms with van der Waals surface area (Å²) in [5.41, 5.74) is 2.47. The second kappa shape index (κ2) is 7.51. The van der Waals surface area contributed by atoms with Crippen molar-refractivity contribution in [3.63, 3.8) is 0 Å². The van der Waals surface area contributed by atoms with Crippen LogP contribution in [0.25, 0.3) is 0 Å². The molecule has 1 aliphatic heterocycles. The van der Waals surface area contributed by atoms with Crippen molar-refractivity contribution in [2.24, 2.45) is 11.8 Å². The summed E-state index contributed by atoms with van der Waals surface area (Å²) >= 11 is 6.57. The molecule has 1 aliphatic rings. The average Bonchev–Trinajstić information content (AvgIpc) is 2.43. The normalized spacial score (nSPS) is 24.1. The Kier molecular flexibility index (Phi) is 5.95. The first-order chi connectivity index (χ1) is 10.0. The molecule has 3 unspecified atom stereocenters. The van der Waals surface area contributed by atoms with Crippen LogP contribution >= 0.6 is 11.6 Å². The summed E-state index contributed by atoms with van der Waals surface area (Å²) in [5, 5.41) is 4.40. The average molecular weight is 309 g/mol. The first-order valence-corrected chi connectivity index (χ1v) is 8.66. The standard InChI is InChI=1S/C18H29ClN2/c1-5-8-20-15(4)16-6-7-18(17(19)10-16)21-11-13(2)9-14(3)12-21/h6-7,10,13-15,20H,5,8-9,11-12H2,1-4H3. The van der Waals surface area contributed by atoms with Crippen LogP contribution in [0.1, 0.15) is 52.1 Å². The van der Waals surface area contributed by atoms with E-state index in [0.717, 1.165) is 42.9 Å². The predicted octanol–water partition coefficient (Wildman–Crippen LogP) is 4.88. The highest BCUT2D eigenvalue weighted by Crippen LogP contribution is 2.33. The molecule has 118 valence electrons. The maximum atomic E-state index is 6.57. The summed E-state index contributed by atoms with van der Waals surface area (Å²) in [7, 11) is 0. The second-order valence-electron chi connectivity index (χ2n) is 6.74. The maximum absolute atomic E-state index is 6.57. The van der Waals surface area contributed by atoms with E-state index < -0.39 is 0 Å². The number of halogens is 1. The third-order valence-electron chi connectivity index (χ3n) is 4.38. The van der Waals surface area contributed by atoms with Crippen molar-refractivity contribution in [3.8, 4) is 0 Å². The lowest BCUT2D eigenvalue weighted by molar-refractivity contribution is 0.357. The van der Waals surface area contributed by atoms with E-state index in [4.69, 9.17) is 11.6 Å². The van der Waals surface area contributed by atoms with E-state index in [1.54, 1.807) is 0 Å². The quantitative estimate of drug-likeness (QED) is 0.833. The first kappa shape index (κ1) is 16.6. The molecule has 2 nitrogen and oxygen atoms in total. The molecule has 1 aromatic rings. The van der Waals surface area contributed by atoms with E-state index in [9.17, 15) is 0 Å². The lowest BCUT2D eigenvalue weighted by Crippen LogP contribution is -2.38. The van der Waals surface area contributed by atoms with Crippen molar-refractivity contribution in [1.29, 1.82) is 0 Å². The fourth-order valence-electron chi connectivity index (χ4n) is 3.39. The molecule has 0 bridgehead atoms. The van der Waals surface area contributed by atoms with Gasteiger partial charge in [0.15, 0.2) is 0 Å². The molecule has 2 rings (SSSR count). The Morgan fingerprint density at radius 3 is 2.52 bits per heavy atom. The monoisotopic (exact) mass is 308 g/mol. The van der Waals surface area contributed by atoms with Crippen LogP contribution in [0.3, 0.4) is 0 Å². The van der Waals surface area contributed by atoms with E-state index >= 15 is 0 Å². The van der Waals surface area contributed by atoms with Crippen LogP contribution < -0.4 is 10.2 Å². The Balaban J connectivity index is 2.11. The molecule has 21 heavy (non-hydrogen) atoms. The van der Waals surface area contributed by atoms with Gasteiger partial charge in [0, 0.05) is 19.1 Å². The van der Waals surface area contributed by atoms with Gasteiger partial charge in [0.2, 0.25) is 0 Å². The minimum atomic E-state index is 0.357. The molecule has 3 heteroatoms. The lowest BCUT2D eigenvalue weighted by atomic mass is 9.91. The Hall–Kier alpha value is -0.730. The molecule has 0 aromatic heterocycles. The third kappa shape index (κ3) is 4.37. The van der Waals surface area contributed by atoms with Crippen molar-refractivity contribution in [2.45, 2.75) is 46.6 Å². The molecule has 1 fully saturated rings. The minimum Gasteiger partial charge on any atom is -0.370 e. The third-order valence-corrected chi connectivity index (χ3v) is 4.68. The van der Waals surface area contributed by atoms with Crippen molar-refractivity contribution < 1.29 is 0 Å². The van der Waals surface area contributed by atoms with Gasteiger partial charge in [0.25, 0.3) is 0 Å². The van der Waals surface area contributed by atoms with Gasteiger partial charge in [0.1, 0.15) is 0 Å². The molecule has 1 heterocycles. The SMILES string of the molecule is CCCNC(C)c1ccc(N2CC(C)CC(C)C2)c(Cl)c1. The van der Waals surface area contributed by atoms with Gasteiger partial charge >= 0.3 is 0 Å². The number of nitrogens with zero attached hydrogens (tertiary/aromatic N) is 1. The van der Waals surface area contributed by atoms with Gasteiger partial charge < -0.3 is 10.2 Å². The highest BCUT2D eigenvalue weighted by molar-refractivity contribution is 6.33. The lowest BCUT2D eigenvalue weighted by Gasteiger charge is -2.37. The molecular weight excluding hydrogens is 280 g/mol. The van der Waals surface area contributed by atoms with Crippen LogP contribution in [-0.2, 0) is 0 Å². The smallest absolute Gasteiger partial charge is 0.0642 e. The van der Waals surface area contributed by atoms with Gasteiger partial charge in [-0.05, 0) is 55.8 Å². The number of nitrogens with one attached hydrogen (secondary N) is 1. The zero-order valence-corrected chi connectivity index (χ0v) is 14.6. The number of hydrogen-bond acceptors (Lipinski definition) is 2. The van der Waals surface area contributed by atoms with Gasteiger partial charge in [-0.15, -0.1) is 0 Å². The molecule has 0 spiro atoms. The zero-order valence-electron chi connectivity index (χ0n) is 13.8. The van der Waals surface area contributed by atoms with E-state index in [2.05, 4.69) is 56.1 Å². The van der Waals surface area contributed by atoms with E-state index in [-0.39, 0.29) is 0 Å². The number of piperidine rings is 1. The summed E-state index contributed by atoms with van der Waals surface area (Å²) in [6, 6.07) is 6.91. The summed E-state index contributed by atoms with van der Waals surface area (Å²) in [5.74, 6) is 1.49. The molecule has 0 saturated carbocycles. The summed E-state index contributed by atoms with van der Waals surface area (Å²) < 4.78 is 0.